The van der Waals surface area contributed by atoms with Gasteiger partial charge in [-0.25, -0.2) is 13.1 Å². The van der Waals surface area contributed by atoms with Gasteiger partial charge in [0.05, 0.1) is 6.26 Å². The predicted octanol–water partition coefficient (Wildman–Crippen LogP) is 0.704. The van der Waals surface area contributed by atoms with Gasteiger partial charge in [0.2, 0.25) is 10.0 Å². The van der Waals surface area contributed by atoms with Crippen LogP contribution in [-0.2, 0) is 10.0 Å². The first-order chi connectivity index (χ1) is 7.03. The van der Waals surface area contributed by atoms with Crippen LogP contribution in [0.15, 0.2) is 0 Å². The lowest BCUT2D eigenvalue weighted by Crippen LogP contribution is -2.33. The zero-order valence-electron chi connectivity index (χ0n) is 9.62. The summed E-state index contributed by atoms with van der Waals surface area (Å²) >= 11 is 0. The summed E-state index contributed by atoms with van der Waals surface area (Å²) in [6, 6.07) is 0.642. The maximum atomic E-state index is 10.8. The second-order valence-corrected chi connectivity index (χ2v) is 6.16. The molecule has 1 aliphatic rings. The first-order valence-electron chi connectivity index (χ1n) is 5.71. The highest BCUT2D eigenvalue weighted by molar-refractivity contribution is 7.88. The van der Waals surface area contributed by atoms with Crippen LogP contribution in [0.4, 0.5) is 0 Å². The molecule has 0 heterocycles. The van der Waals surface area contributed by atoms with Gasteiger partial charge < -0.3 is 5.32 Å². The average molecular weight is 234 g/mol. The van der Waals surface area contributed by atoms with Crippen LogP contribution in [0, 0.1) is 5.92 Å². The minimum atomic E-state index is -3.01. The van der Waals surface area contributed by atoms with Crippen LogP contribution in [-0.4, -0.2) is 33.8 Å². The minimum absolute atomic E-state index is 0.535. The van der Waals surface area contributed by atoms with Gasteiger partial charge in [0.25, 0.3) is 0 Å². The Bertz CT molecular complexity index is 273. The van der Waals surface area contributed by atoms with Crippen LogP contribution < -0.4 is 10.0 Å². The van der Waals surface area contributed by atoms with E-state index < -0.39 is 10.0 Å². The van der Waals surface area contributed by atoms with Crippen LogP contribution in [0.25, 0.3) is 0 Å². The van der Waals surface area contributed by atoms with E-state index in [-0.39, 0.29) is 0 Å². The molecule has 0 spiro atoms. The molecule has 1 fully saturated rings. The van der Waals surface area contributed by atoms with Crippen molar-refractivity contribution in [3.8, 4) is 0 Å². The molecule has 1 aliphatic carbocycles. The highest BCUT2D eigenvalue weighted by Crippen LogP contribution is 2.33. The van der Waals surface area contributed by atoms with E-state index in [0.29, 0.717) is 12.6 Å². The van der Waals surface area contributed by atoms with E-state index in [4.69, 9.17) is 0 Å². The van der Waals surface area contributed by atoms with Crippen molar-refractivity contribution in [3.63, 3.8) is 0 Å². The number of sulfonamides is 1. The van der Waals surface area contributed by atoms with E-state index in [2.05, 4.69) is 17.0 Å². The summed E-state index contributed by atoms with van der Waals surface area (Å²) in [7, 11) is -3.01. The SMILES string of the molecule is CCC(NCCCNS(C)(=O)=O)C1CC1. The number of rotatable bonds is 8. The molecule has 0 bridgehead atoms. The molecule has 1 atom stereocenters. The minimum Gasteiger partial charge on any atom is -0.314 e. The Balaban J connectivity index is 2.00. The van der Waals surface area contributed by atoms with E-state index in [9.17, 15) is 8.42 Å². The van der Waals surface area contributed by atoms with Gasteiger partial charge in [-0.1, -0.05) is 6.92 Å². The summed E-state index contributed by atoms with van der Waals surface area (Å²) in [4.78, 5) is 0. The molecule has 0 aliphatic heterocycles. The van der Waals surface area contributed by atoms with Gasteiger partial charge in [-0.15, -0.1) is 0 Å². The molecule has 1 rings (SSSR count). The maximum Gasteiger partial charge on any atom is 0.208 e. The average Bonchev–Trinajstić information content (AvgIpc) is 2.92. The van der Waals surface area contributed by atoms with E-state index in [1.54, 1.807) is 0 Å². The molecule has 4 nitrogen and oxygen atoms in total. The smallest absolute Gasteiger partial charge is 0.208 e. The lowest BCUT2D eigenvalue weighted by Gasteiger charge is -2.15. The van der Waals surface area contributed by atoms with Crippen molar-refractivity contribution in [2.24, 2.45) is 5.92 Å². The molecule has 0 aromatic rings. The first kappa shape index (κ1) is 12.9. The van der Waals surface area contributed by atoms with Crippen molar-refractivity contribution in [2.75, 3.05) is 19.3 Å². The van der Waals surface area contributed by atoms with Crippen molar-refractivity contribution in [2.45, 2.75) is 38.6 Å². The van der Waals surface area contributed by atoms with Crippen molar-refractivity contribution < 1.29 is 8.42 Å². The maximum absolute atomic E-state index is 10.8. The van der Waals surface area contributed by atoms with Gasteiger partial charge in [-0.05, 0) is 38.1 Å². The molecule has 0 aromatic carbocycles. The summed E-state index contributed by atoms with van der Waals surface area (Å²) in [5.74, 6) is 0.873. The summed E-state index contributed by atoms with van der Waals surface area (Å²) < 4.78 is 24.0. The molecule has 2 N–H and O–H groups in total. The summed E-state index contributed by atoms with van der Waals surface area (Å²) in [6.07, 6.45) is 5.93. The normalized spacial score (nSPS) is 19.1. The van der Waals surface area contributed by atoms with E-state index in [1.807, 2.05) is 0 Å². The van der Waals surface area contributed by atoms with Crippen LogP contribution >= 0.6 is 0 Å². The van der Waals surface area contributed by atoms with E-state index in [0.717, 1.165) is 18.9 Å². The van der Waals surface area contributed by atoms with Gasteiger partial charge in [0, 0.05) is 12.6 Å². The molecule has 1 saturated carbocycles. The Hall–Kier alpha value is -0.130. The zero-order valence-corrected chi connectivity index (χ0v) is 10.4. The third kappa shape index (κ3) is 6.12. The van der Waals surface area contributed by atoms with E-state index in [1.165, 1.54) is 25.5 Å². The Morgan fingerprint density at radius 1 is 1.33 bits per heavy atom. The molecule has 90 valence electrons. The summed E-state index contributed by atoms with van der Waals surface area (Å²) in [5.41, 5.74) is 0. The zero-order chi connectivity index (χ0) is 11.3. The molecule has 0 aromatic heterocycles. The van der Waals surface area contributed by atoms with Gasteiger partial charge in [0.15, 0.2) is 0 Å². The second kappa shape index (κ2) is 5.82. The van der Waals surface area contributed by atoms with Crippen LogP contribution in [0.3, 0.4) is 0 Å². The van der Waals surface area contributed by atoms with Crippen molar-refractivity contribution in [3.05, 3.63) is 0 Å². The van der Waals surface area contributed by atoms with Gasteiger partial charge >= 0.3 is 0 Å². The van der Waals surface area contributed by atoms with Gasteiger partial charge in [0.1, 0.15) is 0 Å². The number of nitrogens with one attached hydrogen (secondary N) is 2. The third-order valence-corrected chi connectivity index (χ3v) is 3.48. The van der Waals surface area contributed by atoms with Gasteiger partial charge in [-0.3, -0.25) is 0 Å². The predicted molar refractivity (Wildman–Crippen MR) is 62.3 cm³/mol. The monoisotopic (exact) mass is 234 g/mol. The van der Waals surface area contributed by atoms with Crippen molar-refractivity contribution in [1.29, 1.82) is 0 Å². The fourth-order valence-electron chi connectivity index (χ4n) is 1.78. The molecule has 0 radical (unpaired) electrons. The molecular formula is C10H22N2O2S. The fourth-order valence-corrected chi connectivity index (χ4v) is 2.29. The lowest BCUT2D eigenvalue weighted by molar-refractivity contribution is 0.445. The Labute approximate surface area is 92.9 Å². The van der Waals surface area contributed by atoms with Crippen LogP contribution in [0.5, 0.6) is 0 Å². The quantitative estimate of drug-likeness (QED) is 0.608. The topological polar surface area (TPSA) is 58.2 Å². The molecular weight excluding hydrogens is 212 g/mol. The second-order valence-electron chi connectivity index (χ2n) is 4.33. The fraction of sp³-hybridized carbons (Fsp3) is 1.00. The van der Waals surface area contributed by atoms with Gasteiger partial charge in [-0.2, -0.15) is 0 Å². The standard InChI is InChI=1S/C10H22N2O2S/c1-3-10(9-5-6-9)11-7-4-8-12-15(2,13)14/h9-12H,3-8H2,1-2H3. The highest BCUT2D eigenvalue weighted by Gasteiger charge is 2.29. The molecule has 15 heavy (non-hydrogen) atoms. The molecule has 0 amide bonds. The van der Waals surface area contributed by atoms with Crippen molar-refractivity contribution >= 4 is 10.0 Å². The van der Waals surface area contributed by atoms with Crippen LogP contribution in [0.1, 0.15) is 32.6 Å². The lowest BCUT2D eigenvalue weighted by atomic mass is 10.1. The number of hydrogen-bond acceptors (Lipinski definition) is 3. The third-order valence-electron chi connectivity index (χ3n) is 2.76. The Morgan fingerprint density at radius 2 is 2.00 bits per heavy atom. The molecule has 5 heteroatoms. The molecule has 1 unspecified atom stereocenters. The van der Waals surface area contributed by atoms with Crippen molar-refractivity contribution in [1.82, 2.24) is 10.0 Å². The Morgan fingerprint density at radius 3 is 2.47 bits per heavy atom. The summed E-state index contributed by atoms with van der Waals surface area (Å²) in [6.45, 7) is 3.63. The van der Waals surface area contributed by atoms with Crippen LogP contribution in [0.2, 0.25) is 0 Å². The summed E-state index contributed by atoms with van der Waals surface area (Å²) in [5, 5.41) is 3.48. The largest absolute Gasteiger partial charge is 0.314 e. The molecule has 0 saturated heterocycles. The van der Waals surface area contributed by atoms with E-state index >= 15 is 0 Å². The number of hydrogen-bond donors (Lipinski definition) is 2. The first-order valence-corrected chi connectivity index (χ1v) is 7.60. The Kier molecular flexibility index (Phi) is 5.02. The highest BCUT2D eigenvalue weighted by atomic mass is 32.2.